The van der Waals surface area contributed by atoms with E-state index in [0.29, 0.717) is 17.1 Å². The lowest BCUT2D eigenvalue weighted by atomic mass is 9.72. The number of rotatable bonds is 6. The highest BCUT2D eigenvalue weighted by Gasteiger charge is 2.34. The molecule has 3 aromatic rings. The summed E-state index contributed by atoms with van der Waals surface area (Å²) in [5.41, 5.74) is 7.03. The van der Waals surface area contributed by atoms with Gasteiger partial charge in [0, 0.05) is 11.1 Å². The maximum atomic E-state index is 13.2. The van der Waals surface area contributed by atoms with Gasteiger partial charge in [0.1, 0.15) is 0 Å². The summed E-state index contributed by atoms with van der Waals surface area (Å²) < 4.78 is 0. The molecule has 0 saturated carbocycles. The monoisotopic (exact) mass is 668 g/mol. The second kappa shape index (κ2) is 14.5. The lowest BCUT2D eigenvalue weighted by Gasteiger charge is -2.31. The molecule has 7 heteroatoms. The van der Waals surface area contributed by atoms with Crippen LogP contribution in [0.3, 0.4) is 0 Å². The van der Waals surface area contributed by atoms with Crippen molar-refractivity contribution in [1.82, 2.24) is 0 Å². The van der Waals surface area contributed by atoms with Gasteiger partial charge in [0.15, 0.2) is 5.78 Å². The second-order valence-electron chi connectivity index (χ2n) is 17.0. The fourth-order valence-electron chi connectivity index (χ4n) is 5.56. The van der Waals surface area contributed by atoms with Crippen molar-refractivity contribution in [3.8, 4) is 0 Å². The summed E-state index contributed by atoms with van der Waals surface area (Å²) in [5, 5.41) is 28.3. The molecule has 0 aromatic heterocycles. The maximum absolute atomic E-state index is 13.2. The van der Waals surface area contributed by atoms with Crippen LogP contribution in [0.25, 0.3) is 12.8 Å². The third kappa shape index (κ3) is 9.84. The molecule has 0 atom stereocenters. The van der Waals surface area contributed by atoms with Crippen molar-refractivity contribution >= 4 is 41.3 Å². The number of hydrogen-bond donors (Lipinski definition) is 0. The van der Waals surface area contributed by atoms with E-state index in [1.807, 2.05) is 60.7 Å². The van der Waals surface area contributed by atoms with Crippen LogP contribution >= 0.6 is 0 Å². The third-order valence-electron chi connectivity index (χ3n) is 8.36. The molecule has 0 spiro atoms. The van der Waals surface area contributed by atoms with E-state index in [0.717, 1.165) is 32.8 Å². The number of ketones is 1. The molecule has 0 amide bonds. The number of azo groups is 3. The molecule has 260 valence electrons. The summed E-state index contributed by atoms with van der Waals surface area (Å²) >= 11 is 0. The first-order valence-corrected chi connectivity index (χ1v) is 17.1. The molecular weight excluding hydrogens is 617 g/mol. The van der Waals surface area contributed by atoms with Gasteiger partial charge in [-0.05, 0) is 122 Å². The molecule has 0 fully saturated rings. The fourth-order valence-corrected chi connectivity index (χ4v) is 5.56. The normalized spacial score (nSPS) is 14.9. The Labute approximate surface area is 298 Å². The zero-order valence-electron chi connectivity index (χ0n) is 31.9. The molecule has 50 heavy (non-hydrogen) atoms. The zero-order chi connectivity index (χ0) is 37.1. The van der Waals surface area contributed by atoms with E-state index in [2.05, 4.69) is 132 Å². The van der Waals surface area contributed by atoms with Gasteiger partial charge in [0.05, 0.1) is 35.1 Å². The summed E-state index contributed by atoms with van der Waals surface area (Å²) in [6, 6.07) is 19.1. The quantitative estimate of drug-likeness (QED) is 0.240. The molecule has 3 aromatic carbocycles. The van der Waals surface area contributed by atoms with Gasteiger partial charge < -0.3 is 0 Å². The van der Waals surface area contributed by atoms with Crippen LogP contribution in [0.1, 0.15) is 94.2 Å². The maximum Gasteiger partial charge on any atom is 0.186 e. The molecule has 1 aliphatic rings. The second-order valence-corrected chi connectivity index (χ2v) is 17.0. The van der Waals surface area contributed by atoms with Gasteiger partial charge in [0.25, 0.3) is 0 Å². The SMILES string of the molecule is C=c1c(C(C)(C)C)cc(=CN=Nc2ccc(N=Nc3ccc(N=NC=C4C=C(C(C)(C)C)C(=O)C(C(C)(C)C)=C4)cc3)cc2)cc1C(C)(C)C. The average molecular weight is 669 g/mol. The first kappa shape index (κ1) is 37.9. The van der Waals surface area contributed by atoms with Crippen LogP contribution in [0, 0.1) is 10.8 Å². The van der Waals surface area contributed by atoms with Gasteiger partial charge in [0.2, 0.25) is 0 Å². The lowest BCUT2D eigenvalue weighted by molar-refractivity contribution is -0.114. The molecule has 0 bridgehead atoms. The largest absolute Gasteiger partial charge is 0.289 e. The molecule has 0 unspecified atom stereocenters. The third-order valence-corrected chi connectivity index (χ3v) is 8.36. The Morgan fingerprint density at radius 2 is 0.840 bits per heavy atom. The van der Waals surface area contributed by atoms with Crippen molar-refractivity contribution in [1.29, 1.82) is 0 Å². The van der Waals surface area contributed by atoms with Crippen molar-refractivity contribution in [2.45, 2.75) is 93.9 Å². The number of carbonyl (C=O) groups excluding carboxylic acids is 1. The van der Waals surface area contributed by atoms with Crippen molar-refractivity contribution in [3.05, 3.63) is 117 Å². The van der Waals surface area contributed by atoms with Crippen LogP contribution in [-0.2, 0) is 15.6 Å². The van der Waals surface area contributed by atoms with Crippen LogP contribution in [0.15, 0.2) is 126 Å². The Morgan fingerprint density at radius 3 is 1.18 bits per heavy atom. The molecule has 0 aliphatic heterocycles. The van der Waals surface area contributed by atoms with Gasteiger partial charge in [-0.3, -0.25) is 4.79 Å². The van der Waals surface area contributed by atoms with Crippen molar-refractivity contribution in [3.63, 3.8) is 0 Å². The Kier molecular flexibility index (Phi) is 11.0. The van der Waals surface area contributed by atoms with E-state index in [-0.39, 0.29) is 27.4 Å². The summed E-state index contributed by atoms with van der Waals surface area (Å²) in [5.74, 6) is 0.0978. The molecular formula is C43H52N6O. The summed E-state index contributed by atoms with van der Waals surface area (Å²) in [7, 11) is 0. The van der Waals surface area contributed by atoms with E-state index in [1.54, 1.807) is 12.4 Å². The highest BCUT2D eigenvalue weighted by Crippen LogP contribution is 2.39. The van der Waals surface area contributed by atoms with E-state index in [9.17, 15) is 4.79 Å². The number of hydrogen-bond acceptors (Lipinski definition) is 7. The topological polar surface area (TPSA) is 91.2 Å². The number of carbonyl (C=O) groups is 1. The number of Topliss-reactive ketones (excluding diaryl/α,β-unsaturated/α-hetero) is 1. The molecule has 0 heterocycles. The van der Waals surface area contributed by atoms with E-state index in [4.69, 9.17) is 0 Å². The predicted octanol–water partition coefficient (Wildman–Crippen LogP) is 12.1. The van der Waals surface area contributed by atoms with Gasteiger partial charge in [-0.15, -0.1) is 0 Å². The van der Waals surface area contributed by atoms with Gasteiger partial charge >= 0.3 is 0 Å². The van der Waals surface area contributed by atoms with Crippen molar-refractivity contribution in [2.24, 2.45) is 41.5 Å². The minimum atomic E-state index is -0.275. The highest BCUT2D eigenvalue weighted by molar-refractivity contribution is 6.11. The van der Waals surface area contributed by atoms with Gasteiger partial charge in [-0.25, -0.2) is 0 Å². The smallest absolute Gasteiger partial charge is 0.186 e. The van der Waals surface area contributed by atoms with Crippen molar-refractivity contribution < 1.29 is 4.79 Å². The van der Waals surface area contributed by atoms with E-state index < -0.39 is 0 Å². The zero-order valence-corrected chi connectivity index (χ0v) is 31.9. The average Bonchev–Trinajstić information content (AvgIpc) is 3.00. The van der Waals surface area contributed by atoms with Gasteiger partial charge in [-0.2, -0.15) is 30.7 Å². The summed E-state index contributed by atoms with van der Waals surface area (Å²) in [4.78, 5) is 13.2. The first-order chi connectivity index (χ1) is 23.1. The van der Waals surface area contributed by atoms with E-state index >= 15 is 0 Å². The first-order valence-electron chi connectivity index (χ1n) is 17.1. The molecule has 0 radical (unpaired) electrons. The summed E-state index contributed by atoms with van der Waals surface area (Å²) in [6.45, 7) is 30.0. The summed E-state index contributed by atoms with van der Waals surface area (Å²) in [6.07, 6.45) is 7.34. The molecule has 4 rings (SSSR count). The molecule has 0 N–H and O–H groups in total. The molecule has 0 saturated heterocycles. The van der Waals surface area contributed by atoms with Crippen LogP contribution < -0.4 is 10.4 Å². The number of allylic oxidation sites excluding steroid dienone is 5. The predicted molar refractivity (Wildman–Crippen MR) is 207 cm³/mol. The van der Waals surface area contributed by atoms with Crippen molar-refractivity contribution in [2.75, 3.05) is 0 Å². The number of nitrogens with zero attached hydrogens (tertiary/aromatic N) is 6. The van der Waals surface area contributed by atoms with Crippen LogP contribution in [-0.4, -0.2) is 5.78 Å². The van der Waals surface area contributed by atoms with Crippen LogP contribution in [0.4, 0.5) is 22.7 Å². The molecule has 7 nitrogen and oxygen atoms in total. The van der Waals surface area contributed by atoms with Crippen LogP contribution in [0.2, 0.25) is 0 Å². The van der Waals surface area contributed by atoms with Crippen LogP contribution in [0.5, 0.6) is 0 Å². The van der Waals surface area contributed by atoms with Gasteiger partial charge in [-0.1, -0.05) is 89.7 Å². The Bertz CT molecular complexity index is 1950. The standard InChI is InChI=1S/C43H52N6O/c1-28-35(40(2,3)4)22-29(23-36(28)41(5,6)7)26-44-46-31-14-18-33(19-15-31)48-49-34-20-16-32(17-21-34)47-45-27-30-24-37(42(8,9)10)39(50)38(25-30)43(11,12)13/h14-27H,1H2,2-13H3. The fraction of sp³-hybridized carbons (Fsp3) is 0.372. The Morgan fingerprint density at radius 1 is 0.500 bits per heavy atom. The molecule has 1 aliphatic carbocycles. The Balaban J connectivity index is 1.44. The highest BCUT2D eigenvalue weighted by atomic mass is 16.1. The lowest BCUT2D eigenvalue weighted by Crippen LogP contribution is -2.32. The Hall–Kier alpha value is -4.91. The minimum absolute atomic E-state index is 0.0315. The number of benzene rings is 3. The minimum Gasteiger partial charge on any atom is -0.289 e. The van der Waals surface area contributed by atoms with E-state index in [1.165, 1.54) is 11.1 Å².